The molecule has 8 nitrogen and oxygen atoms in total. The largest absolute Gasteiger partial charge is 0.500 e. The van der Waals surface area contributed by atoms with Crippen LogP contribution in [0, 0.1) is 0 Å². The van der Waals surface area contributed by atoms with Crippen LogP contribution in [-0.2, 0) is 18.0 Å². The van der Waals surface area contributed by atoms with E-state index in [0.717, 1.165) is 0 Å². The lowest BCUT2D eigenvalue weighted by atomic mass is 10.5. The van der Waals surface area contributed by atoms with Crippen molar-refractivity contribution in [2.45, 2.75) is 39.7 Å². The number of hydroxylamine groups is 2. The normalized spacial score (nSPS) is 11.5. The summed E-state index contributed by atoms with van der Waals surface area (Å²) in [6.07, 6.45) is -0.0168. The lowest BCUT2D eigenvalue weighted by Gasteiger charge is -2.28. The Kier molecular flexibility index (Phi) is 12.4. The summed E-state index contributed by atoms with van der Waals surface area (Å²) in [5, 5.41) is 18.7. The van der Waals surface area contributed by atoms with Crippen molar-refractivity contribution in [1.29, 1.82) is 0 Å². The summed E-state index contributed by atoms with van der Waals surface area (Å²) in [6, 6.07) is 0.503. The quantitative estimate of drug-likeness (QED) is 0.228. The predicted molar refractivity (Wildman–Crippen MR) is 81.6 cm³/mol. The van der Waals surface area contributed by atoms with E-state index in [1.165, 1.54) is 0 Å². The minimum absolute atomic E-state index is 0.0656. The number of amides is 1. The Morgan fingerprint density at radius 3 is 2.05 bits per heavy atom. The van der Waals surface area contributed by atoms with Crippen LogP contribution in [0.5, 0.6) is 0 Å². The molecule has 0 aromatic carbocycles. The Morgan fingerprint density at radius 1 is 1.05 bits per heavy atom. The Hall–Kier alpha value is -0.713. The van der Waals surface area contributed by atoms with Gasteiger partial charge in [0.05, 0.1) is 13.2 Å². The molecule has 0 unspecified atom stereocenters. The molecule has 0 fully saturated rings. The number of hydrogen-bond donors (Lipinski definition) is 2. The van der Waals surface area contributed by atoms with Gasteiger partial charge in [-0.3, -0.25) is 5.21 Å². The van der Waals surface area contributed by atoms with Gasteiger partial charge in [-0.1, -0.05) is 0 Å². The van der Waals surface area contributed by atoms with Crippen LogP contribution in [0.15, 0.2) is 0 Å². The summed E-state index contributed by atoms with van der Waals surface area (Å²) in [5.74, 6) is 0. The van der Waals surface area contributed by atoms with Crippen LogP contribution in [0.1, 0.15) is 33.6 Å². The molecule has 0 aliphatic rings. The molecule has 0 bridgehead atoms. The van der Waals surface area contributed by atoms with Gasteiger partial charge in [0.25, 0.3) is 0 Å². The van der Waals surface area contributed by atoms with Crippen molar-refractivity contribution in [3.8, 4) is 0 Å². The molecule has 1 amide bonds. The van der Waals surface area contributed by atoms with Crippen LogP contribution in [0.4, 0.5) is 4.79 Å². The molecule has 0 aliphatic carbocycles. The third kappa shape index (κ3) is 8.66. The van der Waals surface area contributed by atoms with Crippen molar-refractivity contribution in [3.05, 3.63) is 0 Å². The van der Waals surface area contributed by atoms with Gasteiger partial charge in [-0.25, -0.2) is 4.79 Å². The second kappa shape index (κ2) is 12.8. The summed E-state index contributed by atoms with van der Waals surface area (Å²) in [6.45, 7) is 7.17. The maximum Gasteiger partial charge on any atom is 0.500 e. The molecular formula is C13H29NO7Si. The van der Waals surface area contributed by atoms with E-state index in [2.05, 4.69) is 0 Å². The molecule has 0 atom stereocenters. The Bertz CT molecular complexity index is 277. The van der Waals surface area contributed by atoms with E-state index < -0.39 is 14.9 Å². The highest BCUT2D eigenvalue weighted by atomic mass is 28.4. The van der Waals surface area contributed by atoms with Gasteiger partial charge >= 0.3 is 14.9 Å². The molecule has 0 spiro atoms. The van der Waals surface area contributed by atoms with Crippen molar-refractivity contribution >= 4 is 14.9 Å². The number of rotatable bonds is 13. The summed E-state index contributed by atoms with van der Waals surface area (Å²) >= 11 is 0. The zero-order valence-corrected chi connectivity index (χ0v) is 14.7. The standard InChI is InChI=1S/C13H29NO7Si/c1-4-19-22(20-5-2,21-6-3)12-7-9-14(17)13(16)18-11-8-10-15/h15,17H,4-12H2,1-3H3. The minimum atomic E-state index is -2.75. The molecule has 0 aromatic heterocycles. The van der Waals surface area contributed by atoms with Gasteiger partial charge in [0, 0.05) is 38.9 Å². The van der Waals surface area contributed by atoms with Gasteiger partial charge in [-0.2, -0.15) is 5.06 Å². The van der Waals surface area contributed by atoms with Gasteiger partial charge in [0.1, 0.15) is 0 Å². The fourth-order valence-corrected chi connectivity index (χ4v) is 4.43. The van der Waals surface area contributed by atoms with E-state index in [1.807, 2.05) is 20.8 Å². The second-order valence-corrected chi connectivity index (χ2v) is 7.13. The molecule has 0 saturated carbocycles. The van der Waals surface area contributed by atoms with Crippen molar-refractivity contribution < 1.29 is 33.1 Å². The van der Waals surface area contributed by atoms with Crippen LogP contribution in [-0.4, -0.2) is 69.9 Å². The summed E-state index contributed by atoms with van der Waals surface area (Å²) in [7, 11) is -2.75. The lowest BCUT2D eigenvalue weighted by molar-refractivity contribution is -0.0751. The van der Waals surface area contributed by atoms with E-state index in [4.69, 9.17) is 23.1 Å². The average Bonchev–Trinajstić information content (AvgIpc) is 2.48. The first-order valence-electron chi connectivity index (χ1n) is 7.71. The number of ether oxygens (including phenoxy) is 1. The first kappa shape index (κ1) is 21.3. The number of aliphatic hydroxyl groups excluding tert-OH is 1. The van der Waals surface area contributed by atoms with E-state index in [0.29, 0.717) is 43.8 Å². The fourth-order valence-electron chi connectivity index (χ4n) is 1.84. The molecule has 0 radical (unpaired) electrons. The summed E-state index contributed by atoms with van der Waals surface area (Å²) < 4.78 is 21.8. The van der Waals surface area contributed by atoms with Crippen molar-refractivity contribution in [2.24, 2.45) is 0 Å². The van der Waals surface area contributed by atoms with Crippen LogP contribution >= 0.6 is 0 Å². The Balaban J connectivity index is 4.26. The molecule has 2 N–H and O–H groups in total. The maximum atomic E-state index is 11.4. The monoisotopic (exact) mass is 339 g/mol. The summed E-state index contributed by atoms with van der Waals surface area (Å²) in [5.41, 5.74) is 0. The Labute approximate surface area is 133 Å². The highest BCUT2D eigenvalue weighted by molar-refractivity contribution is 6.60. The first-order valence-corrected chi connectivity index (χ1v) is 9.64. The van der Waals surface area contributed by atoms with Crippen LogP contribution in [0.25, 0.3) is 0 Å². The highest BCUT2D eigenvalue weighted by Gasteiger charge is 2.39. The topological polar surface area (TPSA) is 97.7 Å². The summed E-state index contributed by atoms with van der Waals surface area (Å²) in [4.78, 5) is 11.4. The number of carbonyl (C=O) groups is 1. The van der Waals surface area contributed by atoms with Crippen LogP contribution in [0.3, 0.4) is 0 Å². The number of hydrogen-bond acceptors (Lipinski definition) is 7. The van der Waals surface area contributed by atoms with E-state index >= 15 is 0 Å². The van der Waals surface area contributed by atoms with E-state index in [1.54, 1.807) is 0 Å². The van der Waals surface area contributed by atoms with Crippen molar-refractivity contribution in [3.63, 3.8) is 0 Å². The van der Waals surface area contributed by atoms with E-state index in [-0.39, 0.29) is 19.8 Å². The molecule has 9 heteroatoms. The highest BCUT2D eigenvalue weighted by Crippen LogP contribution is 2.18. The zero-order valence-electron chi connectivity index (χ0n) is 13.7. The third-order valence-electron chi connectivity index (χ3n) is 2.68. The van der Waals surface area contributed by atoms with Gasteiger partial charge in [0.2, 0.25) is 0 Å². The second-order valence-electron chi connectivity index (χ2n) is 4.40. The van der Waals surface area contributed by atoms with Crippen molar-refractivity contribution in [2.75, 3.05) is 39.6 Å². The third-order valence-corrected chi connectivity index (χ3v) is 5.84. The number of aliphatic hydroxyl groups is 1. The van der Waals surface area contributed by atoms with Crippen LogP contribution in [0.2, 0.25) is 6.04 Å². The molecular weight excluding hydrogens is 310 g/mol. The molecule has 0 aromatic rings. The smallest absolute Gasteiger partial charge is 0.448 e. The Morgan fingerprint density at radius 2 is 1.59 bits per heavy atom. The zero-order chi connectivity index (χ0) is 16.8. The molecule has 22 heavy (non-hydrogen) atoms. The maximum absolute atomic E-state index is 11.4. The van der Waals surface area contributed by atoms with Gasteiger partial charge in [-0.15, -0.1) is 0 Å². The van der Waals surface area contributed by atoms with Crippen molar-refractivity contribution in [1.82, 2.24) is 5.06 Å². The first-order chi connectivity index (χ1) is 10.5. The van der Waals surface area contributed by atoms with Gasteiger partial charge in [-0.05, 0) is 27.2 Å². The number of nitrogens with zero attached hydrogens (tertiary/aromatic N) is 1. The molecule has 0 aliphatic heterocycles. The lowest BCUT2D eigenvalue weighted by Crippen LogP contribution is -2.46. The molecule has 0 heterocycles. The SMILES string of the molecule is CCO[Si](CCCN(O)C(=O)OCCCO)(OCC)OCC. The average molecular weight is 339 g/mol. The van der Waals surface area contributed by atoms with E-state index in [9.17, 15) is 10.0 Å². The molecule has 132 valence electrons. The van der Waals surface area contributed by atoms with Gasteiger partial charge in [0.15, 0.2) is 0 Å². The minimum Gasteiger partial charge on any atom is -0.448 e. The molecule has 0 saturated heterocycles. The van der Waals surface area contributed by atoms with Crippen LogP contribution < -0.4 is 0 Å². The fraction of sp³-hybridized carbons (Fsp3) is 0.923. The van der Waals surface area contributed by atoms with Gasteiger partial charge < -0.3 is 23.1 Å². The molecule has 0 rings (SSSR count). The number of carbonyl (C=O) groups excluding carboxylic acids is 1. The predicted octanol–water partition coefficient (Wildman–Crippen LogP) is 1.64.